The molecule has 2 amide bonds. The van der Waals surface area contributed by atoms with Crippen LogP contribution in [0.2, 0.25) is 0 Å². The lowest BCUT2D eigenvalue weighted by atomic mass is 9.78. The van der Waals surface area contributed by atoms with Crippen LogP contribution in [0.15, 0.2) is 30.3 Å². The summed E-state index contributed by atoms with van der Waals surface area (Å²) in [4.78, 5) is 23.1. The van der Waals surface area contributed by atoms with Crippen molar-refractivity contribution in [2.24, 2.45) is 5.73 Å². The smallest absolute Gasteiger partial charge is 0.236 e. The lowest BCUT2D eigenvalue weighted by molar-refractivity contribution is -0.129. The van der Waals surface area contributed by atoms with E-state index < -0.39 is 11.3 Å². The molecule has 0 bridgehead atoms. The molecule has 18 heavy (non-hydrogen) atoms. The number of rotatable bonds is 4. The van der Waals surface area contributed by atoms with E-state index in [1.165, 1.54) is 0 Å². The molecule has 3 N–H and O–H groups in total. The summed E-state index contributed by atoms with van der Waals surface area (Å²) in [5.41, 5.74) is 5.62. The topological polar surface area (TPSA) is 72.2 Å². The van der Waals surface area contributed by atoms with Gasteiger partial charge in [0.05, 0.1) is 12.0 Å². The second-order valence-corrected chi connectivity index (χ2v) is 4.80. The van der Waals surface area contributed by atoms with Gasteiger partial charge in [0.25, 0.3) is 0 Å². The maximum atomic E-state index is 12.4. The second-order valence-electron chi connectivity index (χ2n) is 4.80. The first-order valence-electron chi connectivity index (χ1n) is 6.27. The summed E-state index contributed by atoms with van der Waals surface area (Å²) >= 11 is 0. The third-order valence-electron chi connectivity index (χ3n) is 3.64. The van der Waals surface area contributed by atoms with Crippen LogP contribution in [0.25, 0.3) is 0 Å². The van der Waals surface area contributed by atoms with Gasteiger partial charge < -0.3 is 11.1 Å². The number of carbonyl (C=O) groups is 2. The van der Waals surface area contributed by atoms with E-state index in [9.17, 15) is 9.59 Å². The van der Waals surface area contributed by atoms with Crippen LogP contribution in [0.3, 0.4) is 0 Å². The van der Waals surface area contributed by atoms with Crippen LogP contribution < -0.4 is 11.1 Å². The summed E-state index contributed by atoms with van der Waals surface area (Å²) in [6.07, 6.45) is 3.75. The fourth-order valence-corrected chi connectivity index (χ4v) is 2.72. The third-order valence-corrected chi connectivity index (χ3v) is 3.64. The van der Waals surface area contributed by atoms with E-state index in [1.807, 2.05) is 30.3 Å². The zero-order chi connectivity index (χ0) is 13.0. The lowest BCUT2D eigenvalue weighted by Gasteiger charge is -2.28. The molecule has 2 rings (SSSR count). The molecular formula is C14H18N2O2. The van der Waals surface area contributed by atoms with Gasteiger partial charge in [-0.2, -0.15) is 0 Å². The van der Waals surface area contributed by atoms with E-state index in [4.69, 9.17) is 5.73 Å². The van der Waals surface area contributed by atoms with Crippen LogP contribution >= 0.6 is 0 Å². The molecule has 96 valence electrons. The molecule has 0 spiro atoms. The normalized spacial score (nSPS) is 17.3. The van der Waals surface area contributed by atoms with Crippen LogP contribution in [0.1, 0.15) is 31.2 Å². The Hall–Kier alpha value is -1.84. The van der Waals surface area contributed by atoms with Crippen LogP contribution in [-0.2, 0) is 15.0 Å². The van der Waals surface area contributed by atoms with Crippen molar-refractivity contribution in [2.45, 2.75) is 31.1 Å². The average Bonchev–Trinajstić information content (AvgIpc) is 2.87. The number of carbonyl (C=O) groups excluding carboxylic acids is 2. The lowest BCUT2D eigenvalue weighted by Crippen LogP contribution is -2.45. The first-order chi connectivity index (χ1) is 8.65. The Morgan fingerprint density at radius 2 is 1.78 bits per heavy atom. The minimum absolute atomic E-state index is 0.0787. The van der Waals surface area contributed by atoms with Crippen molar-refractivity contribution in [2.75, 3.05) is 6.54 Å². The van der Waals surface area contributed by atoms with Crippen molar-refractivity contribution >= 4 is 11.8 Å². The summed E-state index contributed by atoms with van der Waals surface area (Å²) in [5, 5.41) is 2.65. The highest BCUT2D eigenvalue weighted by Crippen LogP contribution is 2.41. The fraction of sp³-hybridized carbons (Fsp3) is 0.429. The summed E-state index contributed by atoms with van der Waals surface area (Å²) in [7, 11) is 0. The molecule has 4 nitrogen and oxygen atoms in total. The minimum Gasteiger partial charge on any atom is -0.368 e. The molecular weight excluding hydrogens is 228 g/mol. The Kier molecular flexibility index (Phi) is 3.65. The highest BCUT2D eigenvalue weighted by Gasteiger charge is 2.42. The van der Waals surface area contributed by atoms with Crippen LogP contribution in [0.5, 0.6) is 0 Å². The predicted molar refractivity (Wildman–Crippen MR) is 68.8 cm³/mol. The minimum atomic E-state index is -0.510. The Balaban J connectivity index is 2.22. The summed E-state index contributed by atoms with van der Waals surface area (Å²) in [6.45, 7) is -0.0899. The van der Waals surface area contributed by atoms with Crippen molar-refractivity contribution in [3.05, 3.63) is 35.9 Å². The maximum absolute atomic E-state index is 12.4. The molecule has 0 unspecified atom stereocenters. The zero-order valence-corrected chi connectivity index (χ0v) is 10.3. The Labute approximate surface area is 107 Å². The number of hydrogen-bond donors (Lipinski definition) is 2. The summed E-state index contributed by atoms with van der Waals surface area (Å²) in [6, 6.07) is 9.78. The molecule has 1 aromatic rings. The van der Waals surface area contributed by atoms with Gasteiger partial charge in [0.2, 0.25) is 11.8 Å². The van der Waals surface area contributed by atoms with E-state index in [2.05, 4.69) is 5.32 Å². The molecule has 0 atom stereocenters. The third kappa shape index (κ3) is 2.37. The highest BCUT2D eigenvalue weighted by atomic mass is 16.2. The largest absolute Gasteiger partial charge is 0.368 e. The van der Waals surface area contributed by atoms with Gasteiger partial charge in [-0.1, -0.05) is 43.2 Å². The maximum Gasteiger partial charge on any atom is 0.236 e. The monoisotopic (exact) mass is 246 g/mol. The van der Waals surface area contributed by atoms with E-state index in [1.54, 1.807) is 0 Å². The van der Waals surface area contributed by atoms with Crippen molar-refractivity contribution in [1.82, 2.24) is 5.32 Å². The van der Waals surface area contributed by atoms with Crippen LogP contribution in [0, 0.1) is 0 Å². The van der Waals surface area contributed by atoms with Crippen molar-refractivity contribution in [3.8, 4) is 0 Å². The van der Waals surface area contributed by atoms with Gasteiger partial charge in [-0.05, 0) is 18.4 Å². The highest BCUT2D eigenvalue weighted by molar-refractivity contribution is 5.91. The van der Waals surface area contributed by atoms with Crippen LogP contribution in [0.4, 0.5) is 0 Å². The van der Waals surface area contributed by atoms with E-state index in [0.29, 0.717) is 0 Å². The fourth-order valence-electron chi connectivity index (χ4n) is 2.72. The molecule has 1 fully saturated rings. The summed E-state index contributed by atoms with van der Waals surface area (Å²) in [5.74, 6) is -0.588. The second kappa shape index (κ2) is 5.21. The molecule has 1 saturated carbocycles. The van der Waals surface area contributed by atoms with Crippen LogP contribution in [-0.4, -0.2) is 18.4 Å². The Morgan fingerprint density at radius 1 is 1.17 bits per heavy atom. The van der Waals surface area contributed by atoms with Gasteiger partial charge in [-0.15, -0.1) is 0 Å². The van der Waals surface area contributed by atoms with Crippen molar-refractivity contribution in [1.29, 1.82) is 0 Å². The number of nitrogens with two attached hydrogens (primary N) is 1. The molecule has 0 heterocycles. The van der Waals surface area contributed by atoms with E-state index >= 15 is 0 Å². The average molecular weight is 246 g/mol. The van der Waals surface area contributed by atoms with Gasteiger partial charge in [-0.25, -0.2) is 0 Å². The summed E-state index contributed by atoms with van der Waals surface area (Å²) < 4.78 is 0. The molecule has 0 radical (unpaired) electrons. The van der Waals surface area contributed by atoms with Crippen molar-refractivity contribution in [3.63, 3.8) is 0 Å². The van der Waals surface area contributed by atoms with E-state index in [0.717, 1.165) is 31.2 Å². The molecule has 0 aromatic heterocycles. The van der Waals surface area contributed by atoms with Gasteiger partial charge in [-0.3, -0.25) is 9.59 Å². The molecule has 1 aromatic carbocycles. The zero-order valence-electron chi connectivity index (χ0n) is 10.3. The first-order valence-corrected chi connectivity index (χ1v) is 6.27. The standard InChI is InChI=1S/C14H18N2O2/c15-12(17)10-16-13(18)14(8-4-5-9-14)11-6-2-1-3-7-11/h1-3,6-7H,4-5,8-10H2,(H2,15,17)(H,16,18). The number of primary amides is 1. The van der Waals surface area contributed by atoms with Crippen molar-refractivity contribution < 1.29 is 9.59 Å². The number of amides is 2. The quantitative estimate of drug-likeness (QED) is 0.835. The molecule has 0 aliphatic heterocycles. The Bertz CT molecular complexity index is 436. The SMILES string of the molecule is NC(=O)CNC(=O)C1(c2ccccc2)CCCC1. The molecule has 4 heteroatoms. The Morgan fingerprint density at radius 3 is 2.33 bits per heavy atom. The van der Waals surface area contributed by atoms with Gasteiger partial charge >= 0.3 is 0 Å². The molecule has 1 aliphatic carbocycles. The number of hydrogen-bond acceptors (Lipinski definition) is 2. The predicted octanol–water partition coefficient (Wildman–Crippen LogP) is 1.10. The number of benzene rings is 1. The molecule has 1 aliphatic rings. The first kappa shape index (κ1) is 12.6. The molecule has 0 saturated heterocycles. The van der Waals surface area contributed by atoms with Gasteiger partial charge in [0.15, 0.2) is 0 Å². The van der Waals surface area contributed by atoms with Gasteiger partial charge in [0.1, 0.15) is 0 Å². The van der Waals surface area contributed by atoms with Gasteiger partial charge in [0, 0.05) is 0 Å². The van der Waals surface area contributed by atoms with E-state index in [-0.39, 0.29) is 12.5 Å². The number of nitrogens with one attached hydrogen (secondary N) is 1.